The van der Waals surface area contributed by atoms with Gasteiger partial charge in [0.25, 0.3) is 0 Å². The fourth-order valence-electron chi connectivity index (χ4n) is 1.18. The van der Waals surface area contributed by atoms with Gasteiger partial charge < -0.3 is 0 Å². The molecule has 0 saturated carbocycles. The molecule has 0 N–H and O–H groups in total. The summed E-state index contributed by atoms with van der Waals surface area (Å²) in [5.74, 6) is -0.308. The minimum atomic E-state index is -0.308. The summed E-state index contributed by atoms with van der Waals surface area (Å²) in [5.41, 5.74) is 0.714. The Kier molecular flexibility index (Phi) is 3.35. The van der Waals surface area contributed by atoms with Crippen molar-refractivity contribution >= 4 is 6.08 Å². The molecule has 1 rings (SSSR count). The lowest BCUT2D eigenvalue weighted by Gasteiger charge is -2.06. The van der Waals surface area contributed by atoms with Gasteiger partial charge in [0.1, 0.15) is 5.82 Å². The zero-order chi connectivity index (χ0) is 9.68. The maximum atomic E-state index is 12.8. The van der Waals surface area contributed by atoms with Crippen LogP contribution in [0.15, 0.2) is 29.3 Å². The Bertz CT molecular complexity index is 331. The van der Waals surface area contributed by atoms with Gasteiger partial charge in [-0.1, -0.05) is 19.1 Å². The number of carbonyl (C=O) groups excluding carboxylic acids is 1. The highest BCUT2D eigenvalue weighted by Crippen LogP contribution is 2.20. The third-order valence-corrected chi connectivity index (χ3v) is 1.83. The summed E-state index contributed by atoms with van der Waals surface area (Å²) in [6.45, 7) is 1.89. The van der Waals surface area contributed by atoms with Crippen LogP contribution in [0.5, 0.6) is 0 Å². The quantitative estimate of drug-likeness (QED) is 0.518. The van der Waals surface area contributed by atoms with E-state index in [0.29, 0.717) is 12.0 Å². The number of halogens is 1. The molecule has 0 aromatic heterocycles. The average molecular weight is 179 g/mol. The van der Waals surface area contributed by atoms with Crippen molar-refractivity contribution in [2.75, 3.05) is 0 Å². The smallest absolute Gasteiger partial charge is 0.211 e. The summed E-state index contributed by atoms with van der Waals surface area (Å²) >= 11 is 0. The van der Waals surface area contributed by atoms with Crippen LogP contribution < -0.4 is 0 Å². The maximum Gasteiger partial charge on any atom is 0.235 e. The highest BCUT2D eigenvalue weighted by molar-refractivity contribution is 5.35. The molecule has 1 atom stereocenters. The molecule has 3 heteroatoms. The van der Waals surface area contributed by atoms with Crippen LogP contribution in [0, 0.1) is 5.82 Å². The highest BCUT2D eigenvalue weighted by atomic mass is 19.1. The van der Waals surface area contributed by atoms with Crippen molar-refractivity contribution in [3.8, 4) is 0 Å². The molecule has 0 bridgehead atoms. The van der Waals surface area contributed by atoms with Crippen LogP contribution >= 0.6 is 0 Å². The molecule has 0 fully saturated rings. The van der Waals surface area contributed by atoms with Gasteiger partial charge in [-0.05, 0) is 24.1 Å². The monoisotopic (exact) mass is 179 g/mol. The first-order chi connectivity index (χ1) is 6.27. The molecule has 0 amide bonds. The first kappa shape index (κ1) is 9.62. The number of hydrogen-bond donors (Lipinski definition) is 0. The summed E-state index contributed by atoms with van der Waals surface area (Å²) in [6.07, 6.45) is 2.15. The maximum absolute atomic E-state index is 12.8. The number of aliphatic imine (C=N–C) groups is 1. The van der Waals surface area contributed by atoms with Crippen molar-refractivity contribution in [2.45, 2.75) is 19.4 Å². The van der Waals surface area contributed by atoms with Crippen molar-refractivity contribution in [3.05, 3.63) is 35.6 Å². The predicted molar refractivity (Wildman–Crippen MR) is 47.6 cm³/mol. The van der Waals surface area contributed by atoms with Gasteiger partial charge in [0.2, 0.25) is 6.08 Å². The summed E-state index contributed by atoms with van der Waals surface area (Å²) in [6, 6.07) is 5.83. The molecule has 0 spiro atoms. The molecule has 0 unspecified atom stereocenters. The first-order valence-electron chi connectivity index (χ1n) is 4.10. The topological polar surface area (TPSA) is 29.4 Å². The largest absolute Gasteiger partial charge is 0.235 e. The molecule has 2 nitrogen and oxygen atoms in total. The van der Waals surface area contributed by atoms with E-state index < -0.39 is 0 Å². The van der Waals surface area contributed by atoms with Crippen LogP contribution in [0.4, 0.5) is 4.39 Å². The third-order valence-electron chi connectivity index (χ3n) is 1.83. The van der Waals surface area contributed by atoms with E-state index in [4.69, 9.17) is 0 Å². The Morgan fingerprint density at radius 1 is 1.62 bits per heavy atom. The molecule has 0 saturated heterocycles. The minimum absolute atomic E-state index is 0.270. The van der Waals surface area contributed by atoms with Crippen LogP contribution in [-0.2, 0) is 4.79 Å². The average Bonchev–Trinajstić information content (AvgIpc) is 2.14. The van der Waals surface area contributed by atoms with Crippen LogP contribution in [-0.4, -0.2) is 6.08 Å². The highest BCUT2D eigenvalue weighted by Gasteiger charge is 2.07. The molecule has 0 heterocycles. The lowest BCUT2D eigenvalue weighted by molar-refractivity contribution is 0.555. The van der Waals surface area contributed by atoms with Crippen molar-refractivity contribution < 1.29 is 9.18 Å². The molecule has 1 aromatic rings. The van der Waals surface area contributed by atoms with E-state index in [1.807, 2.05) is 6.92 Å². The minimum Gasteiger partial charge on any atom is -0.211 e. The van der Waals surface area contributed by atoms with E-state index in [0.717, 1.165) is 0 Å². The van der Waals surface area contributed by atoms with Gasteiger partial charge in [-0.15, -0.1) is 0 Å². The number of rotatable bonds is 3. The Morgan fingerprint density at radius 2 is 2.38 bits per heavy atom. The molecule has 0 radical (unpaired) electrons. The molecule has 0 aliphatic rings. The molecule has 0 aliphatic heterocycles. The normalized spacial score (nSPS) is 11.8. The molecule has 13 heavy (non-hydrogen) atoms. The lowest BCUT2D eigenvalue weighted by Crippen LogP contribution is -1.93. The predicted octanol–water partition coefficient (Wildman–Crippen LogP) is 2.61. The van der Waals surface area contributed by atoms with Gasteiger partial charge in [0, 0.05) is 0 Å². The fourth-order valence-corrected chi connectivity index (χ4v) is 1.18. The zero-order valence-corrected chi connectivity index (χ0v) is 7.33. The van der Waals surface area contributed by atoms with Gasteiger partial charge >= 0.3 is 0 Å². The number of benzene rings is 1. The van der Waals surface area contributed by atoms with E-state index in [1.165, 1.54) is 18.2 Å². The van der Waals surface area contributed by atoms with Gasteiger partial charge in [0.15, 0.2) is 0 Å². The van der Waals surface area contributed by atoms with Crippen molar-refractivity contribution in [1.82, 2.24) is 0 Å². The summed E-state index contributed by atoms with van der Waals surface area (Å²) in [4.78, 5) is 13.6. The van der Waals surface area contributed by atoms with Gasteiger partial charge in [0.05, 0.1) is 6.04 Å². The molecule has 0 aliphatic carbocycles. The van der Waals surface area contributed by atoms with Gasteiger partial charge in [-0.25, -0.2) is 9.18 Å². The van der Waals surface area contributed by atoms with E-state index in [1.54, 1.807) is 12.1 Å². The zero-order valence-electron chi connectivity index (χ0n) is 7.33. The Morgan fingerprint density at radius 3 is 2.92 bits per heavy atom. The Hall–Kier alpha value is -1.47. The van der Waals surface area contributed by atoms with E-state index in [9.17, 15) is 9.18 Å². The van der Waals surface area contributed by atoms with E-state index >= 15 is 0 Å². The van der Waals surface area contributed by atoms with Gasteiger partial charge in [-0.2, -0.15) is 4.99 Å². The van der Waals surface area contributed by atoms with E-state index in [-0.39, 0.29) is 11.9 Å². The molecular formula is C10H10FNO. The fraction of sp³-hybridized carbons (Fsp3) is 0.300. The van der Waals surface area contributed by atoms with E-state index in [2.05, 4.69) is 4.99 Å². The summed E-state index contributed by atoms with van der Waals surface area (Å²) in [5, 5.41) is 0. The van der Waals surface area contributed by atoms with Crippen molar-refractivity contribution in [1.29, 1.82) is 0 Å². The van der Waals surface area contributed by atoms with Crippen LogP contribution in [0.2, 0.25) is 0 Å². The number of nitrogens with zero attached hydrogens (tertiary/aromatic N) is 1. The van der Waals surface area contributed by atoms with Crippen LogP contribution in [0.1, 0.15) is 24.9 Å². The number of isocyanates is 1. The first-order valence-corrected chi connectivity index (χ1v) is 4.10. The standard InChI is InChI=1S/C10H10FNO/c1-2-10(12-7-13)8-4-3-5-9(11)6-8/h3-6,10H,2H2,1H3/t10-/m1/s1. The summed E-state index contributed by atoms with van der Waals surface area (Å²) < 4.78 is 12.8. The second-order valence-electron chi connectivity index (χ2n) is 2.70. The SMILES string of the molecule is CC[C@@H](N=C=O)c1cccc(F)c1. The third kappa shape index (κ3) is 2.49. The van der Waals surface area contributed by atoms with Gasteiger partial charge in [-0.3, -0.25) is 0 Å². The van der Waals surface area contributed by atoms with Crippen LogP contribution in [0.25, 0.3) is 0 Å². The molecular weight excluding hydrogens is 169 g/mol. The second kappa shape index (κ2) is 4.53. The lowest BCUT2D eigenvalue weighted by atomic mass is 10.1. The van der Waals surface area contributed by atoms with Crippen LogP contribution in [0.3, 0.4) is 0 Å². The van der Waals surface area contributed by atoms with Crippen molar-refractivity contribution in [2.24, 2.45) is 4.99 Å². The van der Waals surface area contributed by atoms with Crippen molar-refractivity contribution in [3.63, 3.8) is 0 Å². The molecule has 1 aromatic carbocycles. The number of hydrogen-bond acceptors (Lipinski definition) is 2. The summed E-state index contributed by atoms with van der Waals surface area (Å²) in [7, 11) is 0. The Labute approximate surface area is 76.1 Å². The molecule has 68 valence electrons. The second-order valence-corrected chi connectivity index (χ2v) is 2.70. The Balaban J connectivity index is 2.97.